The zero-order valence-electron chi connectivity index (χ0n) is 10.7. The van der Waals surface area contributed by atoms with Crippen LogP contribution in [0.15, 0.2) is 12.4 Å². The average Bonchev–Trinajstić information content (AvgIpc) is 2.40. The minimum absolute atomic E-state index is 0.0168. The summed E-state index contributed by atoms with van der Waals surface area (Å²) in [4.78, 5) is 21.1. The maximum absolute atomic E-state index is 10.9. The molecule has 0 amide bonds. The summed E-state index contributed by atoms with van der Waals surface area (Å²) < 4.78 is 0. The first kappa shape index (κ1) is 12.8. The molecule has 0 aliphatic carbocycles. The van der Waals surface area contributed by atoms with Crippen molar-refractivity contribution in [3.05, 3.63) is 18.1 Å². The van der Waals surface area contributed by atoms with Crippen molar-refractivity contribution < 1.29 is 9.90 Å². The second-order valence-electron chi connectivity index (χ2n) is 4.79. The van der Waals surface area contributed by atoms with Crippen LogP contribution in [0.4, 0.5) is 5.82 Å². The highest BCUT2D eigenvalue weighted by Gasteiger charge is 2.20. The molecule has 0 radical (unpaired) electrons. The van der Waals surface area contributed by atoms with E-state index < -0.39 is 5.97 Å². The number of carboxylic acid groups (broad SMARTS) is 1. The Morgan fingerprint density at radius 1 is 1.44 bits per heavy atom. The third kappa shape index (κ3) is 2.97. The smallest absolute Gasteiger partial charge is 0.356 e. The zero-order valence-corrected chi connectivity index (χ0v) is 10.7. The van der Waals surface area contributed by atoms with E-state index in [1.54, 1.807) is 6.20 Å². The summed E-state index contributed by atoms with van der Waals surface area (Å²) in [5, 5.41) is 8.90. The van der Waals surface area contributed by atoms with E-state index in [-0.39, 0.29) is 5.69 Å². The molecule has 2 rings (SSSR count). The van der Waals surface area contributed by atoms with Gasteiger partial charge in [-0.3, -0.25) is 4.98 Å². The topological polar surface area (TPSA) is 66.3 Å². The third-order valence-electron chi connectivity index (χ3n) is 3.48. The first-order valence-corrected chi connectivity index (χ1v) is 6.51. The molecule has 5 heteroatoms. The molecule has 1 saturated heterocycles. The predicted molar refractivity (Wildman–Crippen MR) is 68.8 cm³/mol. The largest absolute Gasteiger partial charge is 0.476 e. The Morgan fingerprint density at radius 2 is 2.17 bits per heavy atom. The molecule has 1 aliphatic rings. The van der Waals surface area contributed by atoms with Gasteiger partial charge in [0.05, 0.1) is 12.4 Å². The summed E-state index contributed by atoms with van der Waals surface area (Å²) in [5.74, 6) is 0.469. The number of carbonyl (C=O) groups is 1. The van der Waals surface area contributed by atoms with Crippen LogP contribution >= 0.6 is 0 Å². The highest BCUT2D eigenvalue weighted by Crippen LogP contribution is 2.24. The normalized spacial score (nSPS) is 16.8. The minimum Gasteiger partial charge on any atom is -0.476 e. The van der Waals surface area contributed by atoms with Gasteiger partial charge in [-0.15, -0.1) is 0 Å². The molecular weight excluding hydrogens is 230 g/mol. The number of hydrogen-bond donors (Lipinski definition) is 1. The van der Waals surface area contributed by atoms with Crippen molar-refractivity contribution in [2.24, 2.45) is 5.92 Å². The van der Waals surface area contributed by atoms with Crippen molar-refractivity contribution in [2.45, 2.75) is 32.6 Å². The Bertz CT molecular complexity index is 414. The van der Waals surface area contributed by atoms with Crippen molar-refractivity contribution >= 4 is 11.8 Å². The maximum Gasteiger partial charge on any atom is 0.356 e. The lowest BCUT2D eigenvalue weighted by atomic mass is 9.92. The van der Waals surface area contributed by atoms with Crippen molar-refractivity contribution in [3.63, 3.8) is 0 Å². The number of aromatic carboxylic acids is 1. The van der Waals surface area contributed by atoms with Gasteiger partial charge in [0.1, 0.15) is 5.82 Å². The molecule has 5 nitrogen and oxygen atoms in total. The van der Waals surface area contributed by atoms with Gasteiger partial charge in [0.15, 0.2) is 5.69 Å². The highest BCUT2D eigenvalue weighted by atomic mass is 16.4. The number of rotatable bonds is 4. The van der Waals surface area contributed by atoms with E-state index in [9.17, 15) is 4.79 Å². The molecule has 2 heterocycles. The molecule has 0 aromatic carbocycles. The van der Waals surface area contributed by atoms with Crippen LogP contribution in [-0.2, 0) is 0 Å². The molecule has 0 spiro atoms. The predicted octanol–water partition coefficient (Wildman–Crippen LogP) is 2.19. The molecule has 0 bridgehead atoms. The van der Waals surface area contributed by atoms with Gasteiger partial charge in [-0.05, 0) is 18.8 Å². The minimum atomic E-state index is -1.02. The zero-order chi connectivity index (χ0) is 13.0. The fourth-order valence-electron chi connectivity index (χ4n) is 2.47. The summed E-state index contributed by atoms with van der Waals surface area (Å²) in [6.07, 6.45) is 7.77. The van der Waals surface area contributed by atoms with E-state index in [1.165, 1.54) is 19.0 Å². The Hall–Kier alpha value is -1.65. The Balaban J connectivity index is 2.01. The van der Waals surface area contributed by atoms with Gasteiger partial charge < -0.3 is 10.0 Å². The molecule has 0 unspecified atom stereocenters. The number of piperidine rings is 1. The van der Waals surface area contributed by atoms with Gasteiger partial charge in [0.2, 0.25) is 0 Å². The number of carboxylic acids is 1. The van der Waals surface area contributed by atoms with Gasteiger partial charge in [-0.1, -0.05) is 19.8 Å². The van der Waals surface area contributed by atoms with Crippen molar-refractivity contribution in [3.8, 4) is 0 Å². The molecule has 1 fully saturated rings. The SMILES string of the molecule is CCCC1CCN(c2cncc(C(=O)O)n2)CC1. The van der Waals surface area contributed by atoms with Crippen LogP contribution in [0, 0.1) is 5.92 Å². The molecule has 1 aromatic heterocycles. The monoisotopic (exact) mass is 249 g/mol. The van der Waals surface area contributed by atoms with Crippen LogP contribution in [0.2, 0.25) is 0 Å². The van der Waals surface area contributed by atoms with Crippen LogP contribution in [0.25, 0.3) is 0 Å². The van der Waals surface area contributed by atoms with Crippen molar-refractivity contribution in [1.29, 1.82) is 0 Å². The van der Waals surface area contributed by atoms with E-state index >= 15 is 0 Å². The molecule has 98 valence electrons. The van der Waals surface area contributed by atoms with Crippen molar-refractivity contribution in [1.82, 2.24) is 9.97 Å². The first-order chi connectivity index (χ1) is 8.70. The summed E-state index contributed by atoms with van der Waals surface area (Å²) in [6.45, 7) is 4.11. The number of hydrogen-bond acceptors (Lipinski definition) is 4. The van der Waals surface area contributed by atoms with Gasteiger partial charge in [-0.2, -0.15) is 0 Å². The summed E-state index contributed by atoms with van der Waals surface area (Å²) >= 11 is 0. The van der Waals surface area contributed by atoms with Crippen molar-refractivity contribution in [2.75, 3.05) is 18.0 Å². The van der Waals surface area contributed by atoms with Gasteiger partial charge in [0.25, 0.3) is 0 Å². The summed E-state index contributed by atoms with van der Waals surface area (Å²) in [6, 6.07) is 0. The Labute approximate surface area is 107 Å². The highest BCUT2D eigenvalue weighted by molar-refractivity contribution is 5.85. The molecular formula is C13H19N3O2. The molecule has 1 N–H and O–H groups in total. The second kappa shape index (κ2) is 5.80. The Kier molecular flexibility index (Phi) is 4.12. The van der Waals surface area contributed by atoms with Gasteiger partial charge in [-0.25, -0.2) is 9.78 Å². The fourth-order valence-corrected chi connectivity index (χ4v) is 2.47. The lowest BCUT2D eigenvalue weighted by molar-refractivity contribution is 0.0690. The first-order valence-electron chi connectivity index (χ1n) is 6.51. The fraction of sp³-hybridized carbons (Fsp3) is 0.615. The van der Waals surface area contributed by atoms with Gasteiger partial charge >= 0.3 is 5.97 Å². The quantitative estimate of drug-likeness (QED) is 0.886. The molecule has 1 aromatic rings. The third-order valence-corrected chi connectivity index (χ3v) is 3.48. The molecule has 18 heavy (non-hydrogen) atoms. The van der Waals surface area contributed by atoms with Crippen LogP contribution < -0.4 is 4.90 Å². The lowest BCUT2D eigenvalue weighted by Gasteiger charge is -2.32. The standard InChI is InChI=1S/C13H19N3O2/c1-2-3-10-4-6-16(7-5-10)12-9-14-8-11(15-12)13(17)18/h8-10H,2-7H2,1H3,(H,17,18). The van der Waals surface area contributed by atoms with Crippen LogP contribution in [0.1, 0.15) is 43.1 Å². The summed E-state index contributed by atoms with van der Waals surface area (Å²) in [5.41, 5.74) is 0.0168. The van der Waals surface area contributed by atoms with E-state index in [4.69, 9.17) is 5.11 Å². The number of nitrogens with zero attached hydrogens (tertiary/aromatic N) is 3. The average molecular weight is 249 g/mol. The maximum atomic E-state index is 10.9. The van der Waals surface area contributed by atoms with E-state index in [0.717, 1.165) is 31.8 Å². The van der Waals surface area contributed by atoms with Crippen LogP contribution in [0.5, 0.6) is 0 Å². The number of aromatic nitrogens is 2. The molecule has 0 saturated carbocycles. The van der Waals surface area contributed by atoms with Crippen LogP contribution in [0.3, 0.4) is 0 Å². The van der Waals surface area contributed by atoms with Gasteiger partial charge in [0, 0.05) is 13.1 Å². The van der Waals surface area contributed by atoms with E-state index in [2.05, 4.69) is 21.8 Å². The Morgan fingerprint density at radius 3 is 2.78 bits per heavy atom. The second-order valence-corrected chi connectivity index (χ2v) is 4.79. The van der Waals surface area contributed by atoms with Crippen LogP contribution in [-0.4, -0.2) is 34.1 Å². The molecule has 0 atom stereocenters. The lowest BCUT2D eigenvalue weighted by Crippen LogP contribution is -2.34. The van der Waals surface area contributed by atoms with E-state index in [0.29, 0.717) is 5.82 Å². The van der Waals surface area contributed by atoms with E-state index in [1.807, 2.05) is 0 Å². The summed E-state index contributed by atoms with van der Waals surface area (Å²) in [7, 11) is 0. The molecule has 1 aliphatic heterocycles. The number of anilines is 1.